The number of ether oxygens (including phenoxy) is 1. The van der Waals surface area contributed by atoms with Crippen molar-refractivity contribution < 1.29 is 19.1 Å². The molecule has 1 fully saturated rings. The lowest BCUT2D eigenvalue weighted by Gasteiger charge is -2.33. The number of nitrogens with one attached hydrogen (secondary N) is 1. The lowest BCUT2D eigenvalue weighted by Crippen LogP contribution is -2.46. The lowest BCUT2D eigenvalue weighted by atomic mass is 9.95. The van der Waals surface area contributed by atoms with Gasteiger partial charge in [-0.3, -0.25) is 14.4 Å². The molecule has 0 bridgehead atoms. The predicted molar refractivity (Wildman–Crippen MR) is 103 cm³/mol. The monoisotopic (exact) mass is 374 g/mol. The van der Waals surface area contributed by atoms with Gasteiger partial charge in [0.05, 0.1) is 24.5 Å². The Labute approximate surface area is 161 Å². The first-order valence-corrected chi connectivity index (χ1v) is 9.73. The average molecular weight is 374 g/mol. The van der Waals surface area contributed by atoms with E-state index >= 15 is 0 Å². The van der Waals surface area contributed by atoms with Gasteiger partial charge in [-0.05, 0) is 32.3 Å². The standard InChI is InChI=1S/C21H30N2O4/c1-4-19(24)23-12-8-11-17(14-23)21(26)22-18(13-20(25)27-15(2)3)16-9-6-5-7-10-16/h5-7,9-10,15,17-18H,4,8,11-14H2,1-3H3,(H,22,26). The van der Waals surface area contributed by atoms with Crippen molar-refractivity contribution in [2.75, 3.05) is 13.1 Å². The number of carbonyl (C=O) groups is 3. The number of rotatable bonds is 7. The first-order chi connectivity index (χ1) is 12.9. The molecule has 1 aromatic rings. The molecule has 0 radical (unpaired) electrons. The van der Waals surface area contributed by atoms with Gasteiger partial charge in [0.1, 0.15) is 0 Å². The van der Waals surface area contributed by atoms with E-state index in [1.54, 1.807) is 18.7 Å². The SMILES string of the molecule is CCC(=O)N1CCCC(C(=O)NC(CC(=O)OC(C)C)c2ccccc2)C1. The third kappa shape index (κ3) is 6.38. The molecule has 1 saturated heterocycles. The fraction of sp³-hybridized carbons (Fsp3) is 0.571. The molecule has 0 aliphatic carbocycles. The molecule has 2 rings (SSSR count). The number of hydrogen-bond donors (Lipinski definition) is 1. The molecule has 0 spiro atoms. The summed E-state index contributed by atoms with van der Waals surface area (Å²) in [7, 11) is 0. The summed E-state index contributed by atoms with van der Waals surface area (Å²) in [6, 6.07) is 8.99. The molecule has 1 aliphatic rings. The second-order valence-electron chi connectivity index (χ2n) is 7.25. The summed E-state index contributed by atoms with van der Waals surface area (Å²) in [4.78, 5) is 38.7. The van der Waals surface area contributed by atoms with Crippen molar-refractivity contribution in [1.82, 2.24) is 10.2 Å². The van der Waals surface area contributed by atoms with Gasteiger partial charge in [0.2, 0.25) is 11.8 Å². The van der Waals surface area contributed by atoms with Crippen LogP contribution in [0.5, 0.6) is 0 Å². The summed E-state index contributed by atoms with van der Waals surface area (Å²) in [6.07, 6.45) is 1.89. The van der Waals surface area contributed by atoms with Crippen LogP contribution in [0.3, 0.4) is 0 Å². The van der Waals surface area contributed by atoms with Crippen LogP contribution in [-0.4, -0.2) is 41.9 Å². The summed E-state index contributed by atoms with van der Waals surface area (Å²) in [5, 5.41) is 3.01. The first kappa shape index (κ1) is 20.9. The third-order valence-electron chi connectivity index (χ3n) is 4.70. The molecule has 1 N–H and O–H groups in total. The van der Waals surface area contributed by atoms with E-state index in [1.807, 2.05) is 37.3 Å². The highest BCUT2D eigenvalue weighted by Gasteiger charge is 2.30. The summed E-state index contributed by atoms with van der Waals surface area (Å²) < 4.78 is 5.25. The molecule has 6 nitrogen and oxygen atoms in total. The van der Waals surface area contributed by atoms with Gasteiger partial charge in [-0.2, -0.15) is 0 Å². The number of hydrogen-bond acceptors (Lipinski definition) is 4. The fourth-order valence-corrected chi connectivity index (χ4v) is 3.35. The Morgan fingerprint density at radius 2 is 1.93 bits per heavy atom. The first-order valence-electron chi connectivity index (χ1n) is 9.73. The highest BCUT2D eigenvalue weighted by Crippen LogP contribution is 2.22. The van der Waals surface area contributed by atoms with Crippen molar-refractivity contribution in [1.29, 1.82) is 0 Å². The number of nitrogens with zero attached hydrogens (tertiary/aromatic N) is 1. The van der Waals surface area contributed by atoms with Crippen LogP contribution in [0.4, 0.5) is 0 Å². The minimum absolute atomic E-state index is 0.0765. The minimum atomic E-state index is -0.442. The van der Waals surface area contributed by atoms with Crippen LogP contribution < -0.4 is 5.32 Å². The summed E-state index contributed by atoms with van der Waals surface area (Å²) in [5.74, 6) is -0.630. The predicted octanol–water partition coefficient (Wildman–Crippen LogP) is 2.83. The molecule has 1 heterocycles. The highest BCUT2D eigenvalue weighted by molar-refractivity contribution is 5.82. The zero-order chi connectivity index (χ0) is 19.8. The highest BCUT2D eigenvalue weighted by atomic mass is 16.5. The molecule has 27 heavy (non-hydrogen) atoms. The van der Waals surface area contributed by atoms with Gasteiger partial charge in [-0.15, -0.1) is 0 Å². The van der Waals surface area contributed by atoms with E-state index in [0.29, 0.717) is 19.5 Å². The van der Waals surface area contributed by atoms with Crippen LogP contribution in [0.2, 0.25) is 0 Å². The van der Waals surface area contributed by atoms with Crippen molar-refractivity contribution in [3.63, 3.8) is 0 Å². The summed E-state index contributed by atoms with van der Waals surface area (Å²) in [5.41, 5.74) is 0.865. The Kier molecular flexibility index (Phi) is 7.82. The molecule has 1 aromatic carbocycles. The van der Waals surface area contributed by atoms with Crippen LogP contribution in [0, 0.1) is 5.92 Å². The van der Waals surface area contributed by atoms with Crippen molar-refractivity contribution >= 4 is 17.8 Å². The van der Waals surface area contributed by atoms with Crippen molar-refractivity contribution in [2.45, 2.75) is 58.6 Å². The van der Waals surface area contributed by atoms with E-state index in [9.17, 15) is 14.4 Å². The molecule has 148 valence electrons. The molecule has 1 aliphatic heterocycles. The number of esters is 1. The number of amides is 2. The van der Waals surface area contributed by atoms with Crippen molar-refractivity contribution in [3.05, 3.63) is 35.9 Å². The Morgan fingerprint density at radius 1 is 1.22 bits per heavy atom. The number of likely N-dealkylation sites (tertiary alicyclic amines) is 1. The van der Waals surface area contributed by atoms with Gasteiger partial charge < -0.3 is 15.0 Å². The molecule has 2 amide bonds. The molecule has 0 aromatic heterocycles. The zero-order valence-corrected chi connectivity index (χ0v) is 16.4. The van der Waals surface area contributed by atoms with Gasteiger partial charge in [0.15, 0.2) is 0 Å². The lowest BCUT2D eigenvalue weighted by molar-refractivity contribution is -0.148. The zero-order valence-electron chi connectivity index (χ0n) is 16.4. The maximum absolute atomic E-state index is 12.8. The second kappa shape index (κ2) is 10.1. The Morgan fingerprint density at radius 3 is 2.56 bits per heavy atom. The largest absolute Gasteiger partial charge is 0.463 e. The van der Waals surface area contributed by atoms with Gasteiger partial charge in [-0.1, -0.05) is 37.3 Å². The number of piperidine rings is 1. The van der Waals surface area contributed by atoms with E-state index in [2.05, 4.69) is 5.32 Å². The maximum Gasteiger partial charge on any atom is 0.308 e. The molecule has 2 unspecified atom stereocenters. The van der Waals surface area contributed by atoms with Gasteiger partial charge in [0, 0.05) is 19.5 Å². The van der Waals surface area contributed by atoms with E-state index < -0.39 is 6.04 Å². The Hall–Kier alpha value is -2.37. The molecule has 0 saturated carbocycles. The Bertz CT molecular complexity index is 645. The normalized spacial score (nSPS) is 18.1. The topological polar surface area (TPSA) is 75.7 Å². The van der Waals surface area contributed by atoms with Gasteiger partial charge in [0.25, 0.3) is 0 Å². The fourth-order valence-electron chi connectivity index (χ4n) is 3.35. The van der Waals surface area contributed by atoms with E-state index in [1.165, 1.54) is 0 Å². The van der Waals surface area contributed by atoms with Crippen LogP contribution in [0.25, 0.3) is 0 Å². The van der Waals surface area contributed by atoms with E-state index in [4.69, 9.17) is 4.74 Å². The van der Waals surface area contributed by atoms with Crippen LogP contribution in [0.1, 0.15) is 58.1 Å². The quantitative estimate of drug-likeness (QED) is 0.745. The van der Waals surface area contributed by atoms with Gasteiger partial charge >= 0.3 is 5.97 Å². The third-order valence-corrected chi connectivity index (χ3v) is 4.70. The average Bonchev–Trinajstić information content (AvgIpc) is 2.67. The number of benzene rings is 1. The minimum Gasteiger partial charge on any atom is -0.463 e. The van der Waals surface area contributed by atoms with Crippen molar-refractivity contribution in [2.24, 2.45) is 5.92 Å². The molecular weight excluding hydrogens is 344 g/mol. The smallest absolute Gasteiger partial charge is 0.308 e. The maximum atomic E-state index is 12.8. The van der Waals surface area contributed by atoms with E-state index in [-0.39, 0.29) is 36.2 Å². The Balaban J connectivity index is 2.06. The van der Waals surface area contributed by atoms with Gasteiger partial charge in [-0.25, -0.2) is 0 Å². The second-order valence-corrected chi connectivity index (χ2v) is 7.25. The summed E-state index contributed by atoms with van der Waals surface area (Å²) in [6.45, 7) is 6.58. The molecule has 6 heteroatoms. The molecular formula is C21H30N2O4. The van der Waals surface area contributed by atoms with E-state index in [0.717, 1.165) is 18.4 Å². The van der Waals surface area contributed by atoms with Crippen LogP contribution >= 0.6 is 0 Å². The summed E-state index contributed by atoms with van der Waals surface area (Å²) >= 11 is 0. The van der Waals surface area contributed by atoms with Crippen LogP contribution in [0.15, 0.2) is 30.3 Å². The van der Waals surface area contributed by atoms with Crippen LogP contribution in [-0.2, 0) is 19.1 Å². The van der Waals surface area contributed by atoms with Crippen molar-refractivity contribution in [3.8, 4) is 0 Å². The molecule has 2 atom stereocenters. The number of carbonyl (C=O) groups excluding carboxylic acids is 3.